The van der Waals surface area contributed by atoms with E-state index in [4.69, 9.17) is 4.74 Å². The third kappa shape index (κ3) is 4.77. The second-order valence-corrected chi connectivity index (χ2v) is 6.53. The lowest BCUT2D eigenvalue weighted by atomic mass is 10.2. The molecule has 1 N–H and O–H groups in total. The van der Waals surface area contributed by atoms with Crippen molar-refractivity contribution in [2.24, 2.45) is 0 Å². The topological polar surface area (TPSA) is 65.1 Å². The summed E-state index contributed by atoms with van der Waals surface area (Å²) in [5.74, 6) is 0. The van der Waals surface area contributed by atoms with Gasteiger partial charge in [0, 0.05) is 52.4 Å². The summed E-state index contributed by atoms with van der Waals surface area (Å²) in [5.41, 5.74) is -0.447. The molecule has 0 aromatic rings. The van der Waals surface area contributed by atoms with Gasteiger partial charge in [0.05, 0.1) is 0 Å². The van der Waals surface area contributed by atoms with Gasteiger partial charge in [0.2, 0.25) is 0 Å². The van der Waals surface area contributed by atoms with Gasteiger partial charge in [-0.25, -0.2) is 9.59 Å². The van der Waals surface area contributed by atoms with Crippen molar-refractivity contribution in [3.05, 3.63) is 0 Å². The minimum Gasteiger partial charge on any atom is -0.444 e. The highest BCUT2D eigenvalue weighted by Gasteiger charge is 2.26. The smallest absolute Gasteiger partial charge is 0.410 e. The largest absolute Gasteiger partial charge is 0.444 e. The van der Waals surface area contributed by atoms with E-state index in [-0.39, 0.29) is 12.1 Å². The zero-order valence-electron chi connectivity index (χ0n) is 13.2. The molecular formula is C14H26N4O3. The van der Waals surface area contributed by atoms with Crippen LogP contribution in [0.1, 0.15) is 20.8 Å². The molecule has 0 saturated carbocycles. The first-order valence-electron chi connectivity index (χ1n) is 7.58. The van der Waals surface area contributed by atoms with Crippen LogP contribution in [0.25, 0.3) is 0 Å². The predicted octanol–water partition coefficient (Wildman–Crippen LogP) is 0.564. The molecule has 0 bridgehead atoms. The summed E-state index contributed by atoms with van der Waals surface area (Å²) in [7, 11) is 0. The maximum Gasteiger partial charge on any atom is 0.410 e. The highest BCUT2D eigenvalue weighted by molar-refractivity contribution is 5.76. The normalized spacial score (nSPS) is 20.6. The van der Waals surface area contributed by atoms with E-state index in [0.29, 0.717) is 13.1 Å². The number of amides is 3. The molecule has 2 aliphatic rings. The number of rotatable bonds is 3. The van der Waals surface area contributed by atoms with Gasteiger partial charge in [-0.1, -0.05) is 0 Å². The molecule has 21 heavy (non-hydrogen) atoms. The standard InChI is InChI=1S/C14H26N4O3/c1-14(2,3)21-13(20)18-10-7-16(8-11-18)6-9-17-5-4-15-12(17)19/h4-11H2,1-3H3,(H,15,19). The number of urea groups is 1. The predicted molar refractivity (Wildman–Crippen MR) is 79.2 cm³/mol. The third-order valence-electron chi connectivity index (χ3n) is 3.66. The van der Waals surface area contributed by atoms with Crippen molar-refractivity contribution in [2.75, 3.05) is 52.4 Å². The molecule has 0 radical (unpaired) electrons. The van der Waals surface area contributed by atoms with E-state index in [1.165, 1.54) is 0 Å². The Balaban J connectivity index is 1.68. The number of piperazine rings is 1. The molecule has 7 heteroatoms. The lowest BCUT2D eigenvalue weighted by Crippen LogP contribution is -2.51. The SMILES string of the molecule is CC(C)(C)OC(=O)N1CCN(CCN2CCNC2=O)CC1. The van der Waals surface area contributed by atoms with Gasteiger partial charge in [0.25, 0.3) is 0 Å². The van der Waals surface area contributed by atoms with E-state index < -0.39 is 5.60 Å². The molecule has 0 aromatic heterocycles. The minimum absolute atomic E-state index is 0.0300. The fourth-order valence-electron chi connectivity index (χ4n) is 2.47. The number of carbonyl (C=O) groups is 2. The van der Waals surface area contributed by atoms with Crippen molar-refractivity contribution >= 4 is 12.1 Å². The molecule has 0 spiro atoms. The Kier molecular flexibility index (Phi) is 4.92. The Hall–Kier alpha value is -1.50. The lowest BCUT2D eigenvalue weighted by Gasteiger charge is -2.36. The van der Waals surface area contributed by atoms with Crippen LogP contribution < -0.4 is 5.32 Å². The molecule has 2 saturated heterocycles. The van der Waals surface area contributed by atoms with Gasteiger partial charge in [-0.15, -0.1) is 0 Å². The fourth-order valence-corrected chi connectivity index (χ4v) is 2.47. The summed E-state index contributed by atoms with van der Waals surface area (Å²) >= 11 is 0. The van der Waals surface area contributed by atoms with Crippen LogP contribution in [0.15, 0.2) is 0 Å². The zero-order chi connectivity index (χ0) is 15.5. The summed E-state index contributed by atoms with van der Waals surface area (Å²) < 4.78 is 5.38. The Morgan fingerprint density at radius 1 is 1.14 bits per heavy atom. The van der Waals surface area contributed by atoms with E-state index in [1.807, 2.05) is 25.7 Å². The van der Waals surface area contributed by atoms with Crippen molar-refractivity contribution in [2.45, 2.75) is 26.4 Å². The van der Waals surface area contributed by atoms with Crippen molar-refractivity contribution in [3.63, 3.8) is 0 Å². The van der Waals surface area contributed by atoms with E-state index in [9.17, 15) is 9.59 Å². The lowest BCUT2D eigenvalue weighted by molar-refractivity contribution is 0.0142. The maximum absolute atomic E-state index is 12.0. The van der Waals surface area contributed by atoms with Crippen LogP contribution in [0, 0.1) is 0 Å². The average molecular weight is 298 g/mol. The molecule has 0 atom stereocenters. The Morgan fingerprint density at radius 3 is 2.33 bits per heavy atom. The molecule has 0 unspecified atom stereocenters. The summed E-state index contributed by atoms with van der Waals surface area (Å²) in [4.78, 5) is 29.3. The fraction of sp³-hybridized carbons (Fsp3) is 0.857. The number of carbonyl (C=O) groups excluding carboxylic acids is 2. The van der Waals surface area contributed by atoms with Gasteiger partial charge >= 0.3 is 12.1 Å². The minimum atomic E-state index is -0.447. The van der Waals surface area contributed by atoms with Crippen molar-refractivity contribution in [1.29, 1.82) is 0 Å². The molecular weight excluding hydrogens is 272 g/mol. The van der Waals surface area contributed by atoms with Crippen LogP contribution in [0.4, 0.5) is 9.59 Å². The van der Waals surface area contributed by atoms with Gasteiger partial charge in [0.1, 0.15) is 5.60 Å². The van der Waals surface area contributed by atoms with Gasteiger partial charge < -0.3 is 19.9 Å². The Bertz CT molecular complexity index is 386. The van der Waals surface area contributed by atoms with Crippen LogP contribution >= 0.6 is 0 Å². The van der Waals surface area contributed by atoms with Crippen LogP contribution in [0.5, 0.6) is 0 Å². The molecule has 7 nitrogen and oxygen atoms in total. The number of nitrogens with zero attached hydrogens (tertiary/aromatic N) is 3. The summed E-state index contributed by atoms with van der Waals surface area (Å²) in [6.45, 7) is 11.8. The van der Waals surface area contributed by atoms with Gasteiger partial charge in [-0.3, -0.25) is 4.90 Å². The van der Waals surface area contributed by atoms with E-state index >= 15 is 0 Å². The molecule has 120 valence electrons. The highest BCUT2D eigenvalue weighted by Crippen LogP contribution is 2.12. The van der Waals surface area contributed by atoms with Crippen LogP contribution in [0.3, 0.4) is 0 Å². The monoisotopic (exact) mass is 298 g/mol. The van der Waals surface area contributed by atoms with Crippen LogP contribution in [-0.4, -0.2) is 84.8 Å². The van der Waals surface area contributed by atoms with Gasteiger partial charge in [-0.05, 0) is 20.8 Å². The summed E-state index contributed by atoms with van der Waals surface area (Å²) in [5, 5.41) is 2.80. The Labute approximate surface area is 126 Å². The maximum atomic E-state index is 12.0. The second kappa shape index (κ2) is 6.51. The third-order valence-corrected chi connectivity index (χ3v) is 3.66. The van der Waals surface area contributed by atoms with Crippen molar-refractivity contribution < 1.29 is 14.3 Å². The van der Waals surface area contributed by atoms with Crippen molar-refractivity contribution in [1.82, 2.24) is 20.0 Å². The molecule has 0 aliphatic carbocycles. The quantitative estimate of drug-likeness (QED) is 0.827. The van der Waals surface area contributed by atoms with Crippen LogP contribution in [-0.2, 0) is 4.74 Å². The summed E-state index contributed by atoms with van der Waals surface area (Å²) in [6, 6.07) is 0.0300. The van der Waals surface area contributed by atoms with Gasteiger partial charge in [0.15, 0.2) is 0 Å². The van der Waals surface area contributed by atoms with Crippen LogP contribution in [0.2, 0.25) is 0 Å². The first kappa shape index (κ1) is 15.9. The molecule has 3 amide bonds. The zero-order valence-corrected chi connectivity index (χ0v) is 13.2. The molecule has 2 heterocycles. The van der Waals surface area contributed by atoms with E-state index in [2.05, 4.69) is 10.2 Å². The van der Waals surface area contributed by atoms with Crippen molar-refractivity contribution in [3.8, 4) is 0 Å². The number of hydrogen-bond acceptors (Lipinski definition) is 4. The number of nitrogens with one attached hydrogen (secondary N) is 1. The second-order valence-electron chi connectivity index (χ2n) is 6.53. The number of hydrogen-bond donors (Lipinski definition) is 1. The molecule has 0 aromatic carbocycles. The van der Waals surface area contributed by atoms with E-state index in [0.717, 1.165) is 39.3 Å². The highest BCUT2D eigenvalue weighted by atomic mass is 16.6. The molecule has 2 rings (SSSR count). The molecule has 2 fully saturated rings. The summed E-state index contributed by atoms with van der Waals surface area (Å²) in [6.07, 6.45) is -0.235. The first-order valence-corrected chi connectivity index (χ1v) is 7.58. The Morgan fingerprint density at radius 2 is 1.81 bits per heavy atom. The average Bonchev–Trinajstić information content (AvgIpc) is 2.80. The number of ether oxygens (including phenoxy) is 1. The van der Waals surface area contributed by atoms with E-state index in [1.54, 1.807) is 4.90 Å². The first-order chi connectivity index (χ1) is 9.85. The van der Waals surface area contributed by atoms with Gasteiger partial charge in [-0.2, -0.15) is 0 Å². The molecule has 2 aliphatic heterocycles.